The van der Waals surface area contributed by atoms with Crippen molar-refractivity contribution in [2.75, 3.05) is 5.32 Å². The normalized spacial score (nSPS) is 14.2. The Morgan fingerprint density at radius 2 is 1.28 bits per heavy atom. The third-order valence-corrected chi connectivity index (χ3v) is 7.76. The van der Waals surface area contributed by atoms with Crippen molar-refractivity contribution < 1.29 is 0 Å². The van der Waals surface area contributed by atoms with E-state index in [-0.39, 0.29) is 0 Å². The highest BCUT2D eigenvalue weighted by Crippen LogP contribution is 2.50. The molecule has 0 bridgehead atoms. The maximum absolute atomic E-state index is 3.67. The van der Waals surface area contributed by atoms with Crippen molar-refractivity contribution in [1.29, 1.82) is 0 Å². The van der Waals surface area contributed by atoms with Crippen LogP contribution in [-0.2, 0) is 5.41 Å². The van der Waals surface area contributed by atoms with E-state index >= 15 is 0 Å². The predicted molar refractivity (Wildman–Crippen MR) is 153 cm³/mol. The van der Waals surface area contributed by atoms with Crippen LogP contribution >= 0.6 is 0 Å². The molecule has 1 aliphatic rings. The fourth-order valence-corrected chi connectivity index (χ4v) is 5.48. The van der Waals surface area contributed by atoms with E-state index in [0.29, 0.717) is 5.41 Å². The minimum atomic E-state index is 0.331. The predicted octanol–water partition coefficient (Wildman–Crippen LogP) is 9.25. The number of aromatic nitrogens is 1. The second kappa shape index (κ2) is 8.13. The Hall–Kier alpha value is -4.30. The van der Waals surface area contributed by atoms with Crippen molar-refractivity contribution in [2.24, 2.45) is 0 Å². The maximum atomic E-state index is 3.67. The molecule has 5 aromatic carbocycles. The Balaban J connectivity index is 1.26. The quantitative estimate of drug-likeness (QED) is 0.269. The minimum Gasteiger partial charge on any atom is -0.355 e. The molecular formula is C34H28N2. The maximum Gasteiger partial charge on any atom is 0.0541 e. The lowest BCUT2D eigenvalue weighted by Crippen LogP contribution is -2.04. The van der Waals surface area contributed by atoms with E-state index in [1.165, 1.54) is 62.7 Å². The summed E-state index contributed by atoms with van der Waals surface area (Å²) in [6, 6.07) is 43.7. The van der Waals surface area contributed by atoms with Crippen LogP contribution in [0.15, 0.2) is 121 Å². The Labute approximate surface area is 211 Å². The summed E-state index contributed by atoms with van der Waals surface area (Å²) in [6.45, 7) is 2.36. The molecule has 0 amide bonds. The van der Waals surface area contributed by atoms with Gasteiger partial charge < -0.3 is 9.88 Å². The van der Waals surface area contributed by atoms with Crippen LogP contribution in [-0.4, -0.2) is 4.57 Å². The Kier molecular flexibility index (Phi) is 4.75. The van der Waals surface area contributed by atoms with E-state index in [9.17, 15) is 0 Å². The third-order valence-electron chi connectivity index (χ3n) is 7.76. The van der Waals surface area contributed by atoms with E-state index in [1.54, 1.807) is 0 Å². The Morgan fingerprint density at radius 1 is 0.611 bits per heavy atom. The van der Waals surface area contributed by atoms with Crippen molar-refractivity contribution in [3.8, 4) is 16.8 Å². The number of para-hydroxylation sites is 3. The first-order chi connectivity index (χ1) is 17.7. The summed E-state index contributed by atoms with van der Waals surface area (Å²) in [7, 11) is 0. The minimum absolute atomic E-state index is 0.331. The first-order valence-electron chi connectivity index (χ1n) is 12.8. The Bertz CT molecular complexity index is 1700. The van der Waals surface area contributed by atoms with Gasteiger partial charge in [-0.25, -0.2) is 0 Å². The van der Waals surface area contributed by atoms with Gasteiger partial charge >= 0.3 is 0 Å². The fraction of sp³-hybridized carbons (Fsp3) is 0.118. The van der Waals surface area contributed by atoms with Gasteiger partial charge in [0.2, 0.25) is 0 Å². The van der Waals surface area contributed by atoms with Gasteiger partial charge in [0.25, 0.3) is 0 Å². The summed E-state index contributed by atoms with van der Waals surface area (Å²) in [5.41, 5.74) is 10.2. The second-order valence-electron chi connectivity index (χ2n) is 10.2. The van der Waals surface area contributed by atoms with Crippen LogP contribution in [0.4, 0.5) is 11.4 Å². The van der Waals surface area contributed by atoms with Crippen LogP contribution in [0.5, 0.6) is 0 Å². The van der Waals surface area contributed by atoms with Crippen molar-refractivity contribution in [2.45, 2.75) is 25.2 Å². The molecule has 0 atom stereocenters. The van der Waals surface area contributed by atoms with Crippen LogP contribution in [0, 0.1) is 0 Å². The lowest BCUT2D eigenvalue weighted by atomic mass is 9.96. The van der Waals surface area contributed by atoms with E-state index < -0.39 is 0 Å². The molecule has 2 heteroatoms. The molecule has 1 aliphatic carbocycles. The zero-order chi connectivity index (χ0) is 24.1. The summed E-state index contributed by atoms with van der Waals surface area (Å²) in [5, 5.41) is 6.23. The molecule has 0 saturated heterocycles. The molecule has 0 radical (unpaired) electrons. The molecule has 0 aliphatic heterocycles. The molecule has 6 aromatic rings. The van der Waals surface area contributed by atoms with E-state index in [0.717, 1.165) is 5.69 Å². The van der Waals surface area contributed by atoms with Crippen LogP contribution in [0.1, 0.15) is 25.3 Å². The highest BCUT2D eigenvalue weighted by Gasteiger charge is 2.40. The number of nitrogens with one attached hydrogen (secondary N) is 1. The smallest absolute Gasteiger partial charge is 0.0541 e. The monoisotopic (exact) mass is 464 g/mol. The highest BCUT2D eigenvalue weighted by atomic mass is 15.0. The van der Waals surface area contributed by atoms with Crippen LogP contribution in [0.3, 0.4) is 0 Å². The second-order valence-corrected chi connectivity index (χ2v) is 10.2. The highest BCUT2D eigenvalue weighted by molar-refractivity contribution is 6.10. The summed E-state index contributed by atoms with van der Waals surface area (Å²) < 4.78 is 2.36. The van der Waals surface area contributed by atoms with Crippen LogP contribution in [0.2, 0.25) is 0 Å². The molecule has 0 spiro atoms. The lowest BCUT2D eigenvalue weighted by molar-refractivity contribution is 0.790. The lowest BCUT2D eigenvalue weighted by Gasteiger charge is -2.17. The number of rotatable bonds is 5. The molecular weight excluding hydrogens is 436 g/mol. The van der Waals surface area contributed by atoms with Crippen molar-refractivity contribution in [3.63, 3.8) is 0 Å². The van der Waals surface area contributed by atoms with Gasteiger partial charge in [-0.2, -0.15) is 0 Å². The summed E-state index contributed by atoms with van der Waals surface area (Å²) in [5.74, 6) is 0. The van der Waals surface area contributed by atoms with Gasteiger partial charge in [0.05, 0.1) is 11.0 Å². The number of hydrogen-bond donors (Lipinski definition) is 1. The summed E-state index contributed by atoms with van der Waals surface area (Å²) in [4.78, 5) is 0. The van der Waals surface area contributed by atoms with Gasteiger partial charge in [0, 0.05) is 27.8 Å². The van der Waals surface area contributed by atoms with Gasteiger partial charge in [0.15, 0.2) is 0 Å². The zero-order valence-electron chi connectivity index (χ0n) is 20.4. The molecule has 1 aromatic heterocycles. The molecule has 174 valence electrons. The average molecular weight is 465 g/mol. The summed E-state index contributed by atoms with van der Waals surface area (Å²) in [6.07, 6.45) is 2.54. The number of nitrogens with zero attached hydrogens (tertiary/aromatic N) is 1. The molecule has 1 N–H and O–H groups in total. The average Bonchev–Trinajstić information content (AvgIpc) is 3.60. The molecule has 1 heterocycles. The van der Waals surface area contributed by atoms with Gasteiger partial charge in [-0.1, -0.05) is 79.7 Å². The molecule has 36 heavy (non-hydrogen) atoms. The standard InChI is InChI=1S/C34H28N2/c1-34(21-22-34)30-12-6-7-13-31(30)35-26-18-15-24(16-19-26)25-17-20-33-29(23-25)28-11-5-8-14-32(28)36(33)27-9-3-2-4-10-27/h2-20,23,35H,21-22H2,1H3. The van der Waals surface area contributed by atoms with Crippen molar-refractivity contribution in [3.05, 3.63) is 127 Å². The van der Waals surface area contributed by atoms with E-state index in [1.807, 2.05) is 0 Å². The number of anilines is 2. The first kappa shape index (κ1) is 21.0. The molecule has 1 saturated carbocycles. The first-order valence-corrected chi connectivity index (χ1v) is 12.8. The topological polar surface area (TPSA) is 17.0 Å². The molecule has 0 unspecified atom stereocenters. The molecule has 1 fully saturated rings. The largest absolute Gasteiger partial charge is 0.355 e. The fourth-order valence-electron chi connectivity index (χ4n) is 5.48. The number of benzene rings is 5. The van der Waals surface area contributed by atoms with Crippen molar-refractivity contribution in [1.82, 2.24) is 4.57 Å². The SMILES string of the molecule is CC1(c2ccccc2Nc2ccc(-c3ccc4c(c3)c3ccccc3n4-c3ccccc3)cc2)CC1. The van der Waals surface area contributed by atoms with Gasteiger partial charge in [0.1, 0.15) is 0 Å². The van der Waals surface area contributed by atoms with Crippen LogP contribution < -0.4 is 5.32 Å². The third kappa shape index (κ3) is 3.49. The van der Waals surface area contributed by atoms with Gasteiger partial charge in [-0.15, -0.1) is 0 Å². The number of fused-ring (bicyclic) bond motifs is 3. The summed E-state index contributed by atoms with van der Waals surface area (Å²) >= 11 is 0. The van der Waals surface area contributed by atoms with Gasteiger partial charge in [-0.05, 0) is 83.5 Å². The number of hydrogen-bond acceptors (Lipinski definition) is 1. The Morgan fingerprint density at radius 3 is 2.08 bits per heavy atom. The molecule has 2 nitrogen and oxygen atoms in total. The molecule has 7 rings (SSSR count). The van der Waals surface area contributed by atoms with E-state index in [2.05, 4.69) is 138 Å². The van der Waals surface area contributed by atoms with Gasteiger partial charge in [-0.3, -0.25) is 0 Å². The van der Waals surface area contributed by atoms with Crippen LogP contribution in [0.25, 0.3) is 38.6 Å². The van der Waals surface area contributed by atoms with E-state index in [4.69, 9.17) is 0 Å². The zero-order valence-corrected chi connectivity index (χ0v) is 20.4. The van der Waals surface area contributed by atoms with Crippen molar-refractivity contribution >= 4 is 33.2 Å².